The SMILES string of the molecule is C=CCCC(=O)NC[C@@H](OC(=O)[C@H]1[C@@H]2O[C@@]3(CC2Br)[C@@H]1C(=O)N([C@@H](CC)CO)[C@@H]3C(=O)N(CC=C)CCCC)c1ccccc1. The van der Waals surface area contributed by atoms with Crippen LogP contribution in [0.4, 0.5) is 0 Å². The molecule has 10 nitrogen and oxygen atoms in total. The number of benzene rings is 1. The number of aliphatic hydroxyl groups excluding tert-OH is 1. The van der Waals surface area contributed by atoms with Gasteiger partial charge < -0.3 is 29.7 Å². The summed E-state index contributed by atoms with van der Waals surface area (Å²) in [5.41, 5.74) is -0.578. The summed E-state index contributed by atoms with van der Waals surface area (Å²) in [5.74, 6) is -3.44. The van der Waals surface area contributed by atoms with E-state index in [0.29, 0.717) is 37.9 Å². The standard InChI is InChI=1S/C34H46BrN3O7/c1-5-9-16-26(40)36-20-25(22-14-12-11-13-15-22)44-33(43)27-28-31(41)38(23(8-4)21-39)30(34(28)19-24(35)29(27)45-34)32(42)37(17-7-3)18-10-6-2/h5,7,11-15,23-25,27-30,39H,1,3,6,8-10,16-21H2,2,4H3,(H,36,40)/t23-,24?,25+,27+,28-,29+,30+,34-/m0/s1. The van der Waals surface area contributed by atoms with E-state index in [0.717, 1.165) is 12.8 Å². The Hall–Kier alpha value is -3.02. The van der Waals surface area contributed by atoms with Crippen molar-refractivity contribution in [1.29, 1.82) is 0 Å². The van der Waals surface area contributed by atoms with Crippen molar-refractivity contribution < 1.29 is 33.8 Å². The number of rotatable bonds is 17. The highest BCUT2D eigenvalue weighted by Gasteiger charge is 2.77. The highest BCUT2D eigenvalue weighted by molar-refractivity contribution is 9.09. The van der Waals surface area contributed by atoms with E-state index in [-0.39, 0.29) is 42.1 Å². The molecule has 2 bridgehead atoms. The molecule has 11 heteroatoms. The lowest BCUT2D eigenvalue weighted by Crippen LogP contribution is -2.59. The maximum absolute atomic E-state index is 14.4. The number of fused-ring (bicyclic) bond motifs is 1. The van der Waals surface area contributed by atoms with Gasteiger partial charge in [0.05, 0.1) is 37.1 Å². The number of nitrogens with one attached hydrogen (secondary N) is 1. The van der Waals surface area contributed by atoms with Crippen LogP contribution in [-0.4, -0.2) is 93.5 Å². The summed E-state index contributed by atoms with van der Waals surface area (Å²) in [7, 11) is 0. The topological polar surface area (TPSA) is 125 Å². The number of unbranched alkanes of at least 4 members (excludes halogenated alkanes) is 1. The molecule has 45 heavy (non-hydrogen) atoms. The first-order chi connectivity index (χ1) is 21.7. The number of hydrogen-bond acceptors (Lipinski definition) is 7. The van der Waals surface area contributed by atoms with Crippen molar-refractivity contribution in [2.45, 2.75) is 87.1 Å². The summed E-state index contributed by atoms with van der Waals surface area (Å²) in [5, 5.41) is 13.2. The van der Waals surface area contributed by atoms with Gasteiger partial charge in [-0.3, -0.25) is 19.2 Å². The molecule has 3 fully saturated rings. The van der Waals surface area contributed by atoms with Gasteiger partial charge in [-0.1, -0.05) is 78.7 Å². The summed E-state index contributed by atoms with van der Waals surface area (Å²) in [4.78, 5) is 58.2. The van der Waals surface area contributed by atoms with Crippen LogP contribution in [0.5, 0.6) is 0 Å². The molecule has 8 atom stereocenters. The van der Waals surface area contributed by atoms with Crippen LogP contribution in [0.3, 0.4) is 0 Å². The predicted molar refractivity (Wildman–Crippen MR) is 173 cm³/mol. The number of likely N-dealkylation sites (tertiary alicyclic amines) is 1. The van der Waals surface area contributed by atoms with Crippen LogP contribution in [0.15, 0.2) is 55.6 Å². The van der Waals surface area contributed by atoms with Gasteiger partial charge in [0.15, 0.2) is 0 Å². The Balaban J connectivity index is 1.68. The number of nitrogens with zero attached hydrogens (tertiary/aromatic N) is 2. The minimum absolute atomic E-state index is 0.0507. The fourth-order valence-corrected chi connectivity index (χ4v) is 7.98. The van der Waals surface area contributed by atoms with Gasteiger partial charge in [0.2, 0.25) is 17.7 Å². The summed E-state index contributed by atoms with van der Waals surface area (Å²) in [6.45, 7) is 11.9. The smallest absolute Gasteiger partial charge is 0.313 e. The third kappa shape index (κ3) is 6.90. The van der Waals surface area contributed by atoms with Crippen molar-refractivity contribution in [3.05, 3.63) is 61.2 Å². The van der Waals surface area contributed by atoms with Gasteiger partial charge >= 0.3 is 5.97 Å². The summed E-state index contributed by atoms with van der Waals surface area (Å²) in [6, 6.07) is 7.48. The predicted octanol–water partition coefficient (Wildman–Crippen LogP) is 3.69. The van der Waals surface area contributed by atoms with Crippen molar-refractivity contribution >= 4 is 39.6 Å². The quantitative estimate of drug-likeness (QED) is 0.145. The van der Waals surface area contributed by atoms with Crippen LogP contribution in [0, 0.1) is 11.8 Å². The number of esters is 1. The van der Waals surface area contributed by atoms with Crippen molar-refractivity contribution in [2.75, 3.05) is 26.2 Å². The van der Waals surface area contributed by atoms with Gasteiger partial charge in [-0.05, 0) is 31.2 Å². The number of carbonyl (C=O) groups excluding carboxylic acids is 4. The number of halogens is 1. The normalized spacial score (nSPS) is 27.9. The van der Waals surface area contributed by atoms with Gasteiger partial charge in [-0.15, -0.1) is 13.2 Å². The molecule has 0 saturated carbocycles. The minimum Gasteiger partial charge on any atom is -0.455 e. The molecule has 2 N–H and O–H groups in total. The third-order valence-corrected chi connectivity index (χ3v) is 10.1. The molecule has 1 unspecified atom stereocenters. The lowest BCUT2D eigenvalue weighted by Gasteiger charge is -2.39. The van der Waals surface area contributed by atoms with Crippen LogP contribution < -0.4 is 5.32 Å². The van der Waals surface area contributed by atoms with Gasteiger partial charge in [-0.25, -0.2) is 0 Å². The Bertz CT molecular complexity index is 1240. The molecule has 3 heterocycles. The molecule has 3 aliphatic rings. The van der Waals surface area contributed by atoms with E-state index in [9.17, 15) is 24.3 Å². The average Bonchev–Trinajstić information content (AvgIpc) is 3.64. The Morgan fingerprint density at radius 3 is 2.60 bits per heavy atom. The van der Waals surface area contributed by atoms with Gasteiger partial charge in [-0.2, -0.15) is 0 Å². The molecule has 246 valence electrons. The number of alkyl halides is 1. The zero-order valence-electron chi connectivity index (χ0n) is 26.2. The lowest BCUT2D eigenvalue weighted by molar-refractivity contribution is -0.161. The number of carbonyl (C=O) groups is 4. The Labute approximate surface area is 274 Å². The largest absolute Gasteiger partial charge is 0.455 e. The summed E-state index contributed by atoms with van der Waals surface area (Å²) >= 11 is 3.70. The van der Waals surface area contributed by atoms with E-state index < -0.39 is 47.7 Å². The summed E-state index contributed by atoms with van der Waals surface area (Å²) in [6.07, 6.45) is 5.03. The fourth-order valence-electron chi connectivity index (χ4n) is 7.03. The van der Waals surface area contributed by atoms with E-state index in [2.05, 4.69) is 34.4 Å². The number of hydrogen-bond donors (Lipinski definition) is 2. The molecule has 1 aromatic carbocycles. The molecule has 3 saturated heterocycles. The van der Waals surface area contributed by atoms with E-state index in [1.807, 2.05) is 44.2 Å². The molecule has 0 aliphatic carbocycles. The van der Waals surface area contributed by atoms with Crippen molar-refractivity contribution in [3.63, 3.8) is 0 Å². The minimum atomic E-state index is -1.27. The molecule has 3 aliphatic heterocycles. The molecule has 3 amide bonds. The first-order valence-corrected chi connectivity index (χ1v) is 16.9. The van der Waals surface area contributed by atoms with Crippen LogP contribution in [0.2, 0.25) is 0 Å². The fraction of sp³-hybridized carbons (Fsp3) is 0.588. The Morgan fingerprint density at radius 2 is 1.98 bits per heavy atom. The molecular weight excluding hydrogens is 642 g/mol. The van der Waals surface area contributed by atoms with Crippen LogP contribution in [-0.2, 0) is 28.7 Å². The van der Waals surface area contributed by atoms with E-state index in [1.165, 1.54) is 4.90 Å². The first-order valence-electron chi connectivity index (χ1n) is 16.0. The average molecular weight is 689 g/mol. The molecule has 1 spiro atoms. The second kappa shape index (κ2) is 15.5. The van der Waals surface area contributed by atoms with Gasteiger partial charge in [0.25, 0.3) is 0 Å². The molecule has 1 aromatic rings. The monoisotopic (exact) mass is 687 g/mol. The van der Waals surface area contributed by atoms with Crippen LogP contribution in [0.1, 0.15) is 64.0 Å². The van der Waals surface area contributed by atoms with E-state index in [1.54, 1.807) is 17.1 Å². The Morgan fingerprint density at radius 1 is 1.24 bits per heavy atom. The lowest BCUT2D eigenvalue weighted by atomic mass is 9.70. The summed E-state index contributed by atoms with van der Waals surface area (Å²) < 4.78 is 12.7. The maximum Gasteiger partial charge on any atom is 0.313 e. The molecule has 4 rings (SSSR count). The van der Waals surface area contributed by atoms with Crippen LogP contribution >= 0.6 is 15.9 Å². The molecular formula is C34H46BrN3O7. The van der Waals surface area contributed by atoms with Crippen molar-refractivity contribution in [3.8, 4) is 0 Å². The molecule has 0 aromatic heterocycles. The number of allylic oxidation sites excluding steroid dienone is 1. The number of ether oxygens (including phenoxy) is 2. The third-order valence-electron chi connectivity index (χ3n) is 9.24. The van der Waals surface area contributed by atoms with Crippen molar-refractivity contribution in [1.82, 2.24) is 15.1 Å². The Kier molecular flexibility index (Phi) is 12.0. The highest BCUT2D eigenvalue weighted by Crippen LogP contribution is 2.61. The van der Waals surface area contributed by atoms with Crippen molar-refractivity contribution in [2.24, 2.45) is 11.8 Å². The van der Waals surface area contributed by atoms with E-state index >= 15 is 0 Å². The molecule has 0 radical (unpaired) electrons. The second-order valence-corrected chi connectivity index (χ2v) is 13.2. The second-order valence-electron chi connectivity index (χ2n) is 12.0. The zero-order chi connectivity index (χ0) is 32.7. The van der Waals surface area contributed by atoms with Crippen LogP contribution in [0.25, 0.3) is 0 Å². The maximum atomic E-state index is 14.4. The number of aliphatic hydroxyl groups is 1. The number of amides is 3. The first kappa shape index (κ1) is 34.8. The zero-order valence-corrected chi connectivity index (χ0v) is 27.8. The van der Waals surface area contributed by atoms with E-state index in [4.69, 9.17) is 9.47 Å². The van der Waals surface area contributed by atoms with Gasteiger partial charge in [0, 0.05) is 24.3 Å². The van der Waals surface area contributed by atoms with Gasteiger partial charge in [0.1, 0.15) is 17.7 Å². The highest BCUT2D eigenvalue weighted by atomic mass is 79.9.